The predicted octanol–water partition coefficient (Wildman–Crippen LogP) is 4.71. The Morgan fingerprint density at radius 3 is 2.00 bits per heavy atom. The molecule has 2 atom stereocenters. The van der Waals surface area contributed by atoms with Gasteiger partial charge in [-0.05, 0) is 48.9 Å². The van der Waals surface area contributed by atoms with Crippen molar-refractivity contribution >= 4 is 21.6 Å². The number of carbonyl (C=O) groups is 1. The van der Waals surface area contributed by atoms with Crippen LogP contribution in [0.1, 0.15) is 63.8 Å². The molecule has 0 aliphatic rings. The average Bonchev–Trinajstić information content (AvgIpc) is 2.65. The van der Waals surface area contributed by atoms with Gasteiger partial charge in [-0.15, -0.1) is 0 Å². The number of carbonyl (C=O) groups excluding carboxylic acids is 1. The summed E-state index contributed by atoms with van der Waals surface area (Å²) >= 11 is 0. The van der Waals surface area contributed by atoms with E-state index >= 15 is 0 Å². The van der Waals surface area contributed by atoms with Crippen molar-refractivity contribution < 1.29 is 13.2 Å². The lowest BCUT2D eigenvalue weighted by molar-refractivity contribution is -0.122. The quantitative estimate of drug-likeness (QED) is 0.691. The van der Waals surface area contributed by atoms with Gasteiger partial charge in [-0.3, -0.25) is 9.10 Å². The lowest BCUT2D eigenvalue weighted by Crippen LogP contribution is -2.49. The fraction of sp³-hybridized carbons (Fsp3) is 0.458. The van der Waals surface area contributed by atoms with Crippen molar-refractivity contribution in [2.45, 2.75) is 65.5 Å². The molecule has 0 saturated carbocycles. The van der Waals surface area contributed by atoms with Crippen LogP contribution in [-0.4, -0.2) is 26.6 Å². The number of sulfonamides is 1. The van der Waals surface area contributed by atoms with Crippen LogP contribution in [0.15, 0.2) is 48.5 Å². The molecule has 0 spiro atoms. The summed E-state index contributed by atoms with van der Waals surface area (Å²) < 4.78 is 26.3. The first-order chi connectivity index (χ1) is 13.8. The molecule has 0 aliphatic heterocycles. The molecule has 2 aromatic rings. The van der Waals surface area contributed by atoms with Gasteiger partial charge in [0.2, 0.25) is 15.9 Å². The molecule has 0 bridgehead atoms. The molecule has 0 heterocycles. The Morgan fingerprint density at radius 1 is 1.03 bits per heavy atom. The molecule has 30 heavy (non-hydrogen) atoms. The van der Waals surface area contributed by atoms with E-state index in [0.717, 1.165) is 17.4 Å². The summed E-state index contributed by atoms with van der Waals surface area (Å²) in [6.07, 6.45) is 1.50. The number of anilines is 1. The zero-order valence-corrected chi connectivity index (χ0v) is 19.9. The van der Waals surface area contributed by atoms with E-state index in [1.54, 1.807) is 12.1 Å². The summed E-state index contributed by atoms with van der Waals surface area (Å²) in [6.45, 7) is 12.1. The summed E-state index contributed by atoms with van der Waals surface area (Å²) in [6, 6.07) is 14.3. The van der Waals surface area contributed by atoms with Crippen LogP contribution in [0.4, 0.5) is 5.69 Å². The first-order valence-corrected chi connectivity index (χ1v) is 12.2. The number of nitrogens with one attached hydrogen (secondary N) is 1. The third-order valence-corrected chi connectivity index (χ3v) is 6.43. The second kappa shape index (κ2) is 9.21. The topological polar surface area (TPSA) is 66.5 Å². The van der Waals surface area contributed by atoms with E-state index in [1.165, 1.54) is 9.87 Å². The maximum atomic E-state index is 13.1. The maximum Gasteiger partial charge on any atom is 0.244 e. The SMILES string of the molecule is CC[C@H](C(=O)N[C@H](C)c1ccc(C(C)(C)C)cc1)N(c1ccc(C)cc1)S(C)(=O)=O. The smallest absolute Gasteiger partial charge is 0.244 e. The molecule has 1 N–H and O–H groups in total. The minimum Gasteiger partial charge on any atom is -0.348 e. The van der Waals surface area contributed by atoms with Crippen LogP contribution in [0.5, 0.6) is 0 Å². The van der Waals surface area contributed by atoms with Gasteiger partial charge in [0.15, 0.2) is 0 Å². The van der Waals surface area contributed by atoms with Gasteiger partial charge in [0.25, 0.3) is 0 Å². The van der Waals surface area contributed by atoms with E-state index in [-0.39, 0.29) is 17.4 Å². The molecule has 5 nitrogen and oxygen atoms in total. The van der Waals surface area contributed by atoms with Gasteiger partial charge in [-0.25, -0.2) is 8.42 Å². The molecule has 0 unspecified atom stereocenters. The van der Waals surface area contributed by atoms with Gasteiger partial charge in [0.1, 0.15) is 6.04 Å². The molecule has 1 amide bonds. The van der Waals surface area contributed by atoms with E-state index < -0.39 is 16.1 Å². The highest BCUT2D eigenvalue weighted by Crippen LogP contribution is 2.25. The lowest BCUT2D eigenvalue weighted by Gasteiger charge is -2.31. The second-order valence-electron chi connectivity index (χ2n) is 8.92. The van der Waals surface area contributed by atoms with Crippen molar-refractivity contribution in [3.63, 3.8) is 0 Å². The van der Waals surface area contributed by atoms with E-state index in [1.807, 2.05) is 45.0 Å². The number of hydrogen-bond donors (Lipinski definition) is 1. The van der Waals surface area contributed by atoms with E-state index in [9.17, 15) is 13.2 Å². The number of hydrogen-bond acceptors (Lipinski definition) is 3. The number of nitrogens with zero attached hydrogens (tertiary/aromatic N) is 1. The van der Waals surface area contributed by atoms with E-state index in [4.69, 9.17) is 0 Å². The molecule has 0 aromatic heterocycles. The van der Waals surface area contributed by atoms with Gasteiger partial charge in [0.05, 0.1) is 18.0 Å². The molecule has 0 saturated heterocycles. The standard InChI is InChI=1S/C24H34N2O3S/c1-8-22(26(30(7,28)29)21-15-9-17(2)10-16-21)23(27)25-18(3)19-11-13-20(14-12-19)24(4,5)6/h9-16,18,22H,8H2,1-7H3,(H,25,27)/t18-,22-/m1/s1. The van der Waals surface area contributed by atoms with Gasteiger partial charge in [-0.1, -0.05) is 69.7 Å². The minimum absolute atomic E-state index is 0.0579. The average molecular weight is 431 g/mol. The number of amides is 1. The molecular weight excluding hydrogens is 396 g/mol. The van der Waals surface area contributed by atoms with Gasteiger partial charge < -0.3 is 5.32 Å². The van der Waals surface area contributed by atoms with Gasteiger partial charge in [-0.2, -0.15) is 0 Å². The van der Waals surface area contributed by atoms with Crippen molar-refractivity contribution in [1.29, 1.82) is 0 Å². The largest absolute Gasteiger partial charge is 0.348 e. The molecule has 0 aliphatic carbocycles. The molecule has 6 heteroatoms. The summed E-state index contributed by atoms with van der Waals surface area (Å²) in [5, 5.41) is 2.99. The highest BCUT2D eigenvalue weighted by atomic mass is 32.2. The fourth-order valence-corrected chi connectivity index (χ4v) is 4.63. The van der Waals surface area contributed by atoms with E-state index in [2.05, 4.69) is 38.2 Å². The highest BCUT2D eigenvalue weighted by Gasteiger charge is 2.32. The third-order valence-electron chi connectivity index (χ3n) is 5.25. The Hall–Kier alpha value is -2.34. The Labute approximate surface area is 181 Å². The Morgan fingerprint density at radius 2 is 1.57 bits per heavy atom. The summed E-state index contributed by atoms with van der Waals surface area (Å²) in [5.74, 6) is -0.309. The fourth-order valence-electron chi connectivity index (χ4n) is 3.42. The monoisotopic (exact) mass is 430 g/mol. The van der Waals surface area contributed by atoms with Gasteiger partial charge in [0, 0.05) is 0 Å². The molecule has 0 radical (unpaired) electrons. The molecule has 2 rings (SSSR count). The first kappa shape index (κ1) is 23.9. The van der Waals surface area contributed by atoms with Crippen LogP contribution in [0.3, 0.4) is 0 Å². The van der Waals surface area contributed by atoms with Crippen LogP contribution in [0.2, 0.25) is 0 Å². The Bertz CT molecular complexity index is 959. The highest BCUT2D eigenvalue weighted by molar-refractivity contribution is 7.92. The second-order valence-corrected chi connectivity index (χ2v) is 10.8. The van der Waals surface area contributed by atoms with Crippen molar-refractivity contribution in [3.8, 4) is 0 Å². The summed E-state index contributed by atoms with van der Waals surface area (Å²) in [5.41, 5.74) is 3.78. The van der Waals surface area contributed by atoms with Gasteiger partial charge >= 0.3 is 0 Å². The Kier molecular flexibility index (Phi) is 7.35. The van der Waals surface area contributed by atoms with Crippen molar-refractivity contribution in [2.24, 2.45) is 0 Å². The van der Waals surface area contributed by atoms with Crippen molar-refractivity contribution in [3.05, 3.63) is 65.2 Å². The zero-order chi connectivity index (χ0) is 22.7. The number of benzene rings is 2. The minimum atomic E-state index is -3.64. The molecule has 0 fully saturated rings. The van der Waals surface area contributed by atoms with Crippen molar-refractivity contribution in [2.75, 3.05) is 10.6 Å². The van der Waals surface area contributed by atoms with Crippen molar-refractivity contribution in [1.82, 2.24) is 5.32 Å². The lowest BCUT2D eigenvalue weighted by atomic mass is 9.86. The molecule has 164 valence electrons. The van der Waals surface area contributed by atoms with E-state index in [0.29, 0.717) is 12.1 Å². The van der Waals surface area contributed by atoms with Crippen LogP contribution < -0.4 is 9.62 Å². The number of aryl methyl sites for hydroxylation is 1. The molecular formula is C24H34N2O3S. The normalized spacial score (nSPS) is 14.1. The zero-order valence-electron chi connectivity index (χ0n) is 19.1. The first-order valence-electron chi connectivity index (χ1n) is 10.3. The molecule has 2 aromatic carbocycles. The predicted molar refractivity (Wildman–Crippen MR) is 124 cm³/mol. The number of rotatable bonds is 7. The van der Waals surface area contributed by atoms with Crippen LogP contribution in [0.25, 0.3) is 0 Å². The summed E-state index contributed by atoms with van der Waals surface area (Å²) in [4.78, 5) is 13.1. The maximum absolute atomic E-state index is 13.1. The van der Waals surface area contributed by atoms with Crippen LogP contribution >= 0.6 is 0 Å². The van der Waals surface area contributed by atoms with Crippen LogP contribution in [-0.2, 0) is 20.2 Å². The summed E-state index contributed by atoms with van der Waals surface area (Å²) in [7, 11) is -3.64. The third kappa shape index (κ3) is 5.85. The Balaban J connectivity index is 2.26. The van der Waals surface area contributed by atoms with Crippen LogP contribution in [0, 0.1) is 6.92 Å².